The number of halogens is 1. The van der Waals surface area contributed by atoms with Crippen molar-refractivity contribution in [2.45, 2.75) is 108 Å². The molecule has 2 aromatic rings. The molecule has 1 heterocycles. The van der Waals surface area contributed by atoms with E-state index in [-0.39, 0.29) is 0 Å². The maximum atomic E-state index is 12.9. The van der Waals surface area contributed by atoms with Crippen LogP contribution in [-0.4, -0.2) is 42.0 Å². The van der Waals surface area contributed by atoms with Crippen molar-refractivity contribution in [1.29, 1.82) is 0 Å². The zero-order valence-electron chi connectivity index (χ0n) is 24.1. The van der Waals surface area contributed by atoms with E-state index >= 15 is 0 Å². The third-order valence-corrected chi connectivity index (χ3v) is 10.7. The van der Waals surface area contributed by atoms with Gasteiger partial charge in [0.15, 0.2) is 9.84 Å². The highest BCUT2D eigenvalue weighted by Gasteiger charge is 2.55. The number of sulfone groups is 1. The third-order valence-electron chi connectivity index (χ3n) is 8.43. The van der Waals surface area contributed by atoms with Crippen molar-refractivity contribution >= 4 is 33.0 Å². The van der Waals surface area contributed by atoms with Crippen molar-refractivity contribution in [3.63, 3.8) is 0 Å². The average molecular weight is 594 g/mol. The Balaban J connectivity index is 0.000000225. The summed E-state index contributed by atoms with van der Waals surface area (Å²) in [6.45, 7) is 6.18. The largest absolute Gasteiger partial charge is 0.376 e. The summed E-state index contributed by atoms with van der Waals surface area (Å²) in [6, 6.07) is 13.0. The van der Waals surface area contributed by atoms with Gasteiger partial charge in [0.05, 0.1) is 15.8 Å². The number of anilines is 1. The first-order valence-electron chi connectivity index (χ1n) is 14.4. The number of rotatable bonds is 11. The van der Waals surface area contributed by atoms with E-state index in [2.05, 4.69) is 19.1 Å². The standard InChI is InChI=1S/C16H22ClNO4.C15H22O2S/c1-3-5-9-15(8-4-2)12-10-11(17)6-7-13(12)18(14(15)19)16(20,21)22;1-3-4-6-13-7-9-14(10-8-13)15(11-5-12-15)18(2,16)17/h6-7,10,20-22H,3-5,8-9H2,1-2H3;7-10H,3-6,11-12H2,1-2H3. The second-order valence-electron chi connectivity index (χ2n) is 11.3. The van der Waals surface area contributed by atoms with Crippen molar-refractivity contribution in [1.82, 2.24) is 0 Å². The van der Waals surface area contributed by atoms with Gasteiger partial charge in [-0.25, -0.2) is 13.3 Å². The lowest BCUT2D eigenvalue weighted by molar-refractivity contribution is -0.306. The molecule has 40 heavy (non-hydrogen) atoms. The fraction of sp³-hybridized carbons (Fsp3) is 0.581. The zero-order valence-corrected chi connectivity index (χ0v) is 25.7. The predicted octanol–water partition coefficient (Wildman–Crippen LogP) is 5.96. The molecule has 1 aliphatic heterocycles. The molecule has 0 radical (unpaired) electrons. The molecule has 0 saturated heterocycles. The number of amides is 1. The second kappa shape index (κ2) is 12.9. The number of unbranched alkanes of at least 4 members (excludes halogenated alkanes) is 2. The van der Waals surface area contributed by atoms with E-state index in [9.17, 15) is 28.5 Å². The quantitative estimate of drug-likeness (QED) is 0.277. The monoisotopic (exact) mass is 593 g/mol. The van der Waals surface area contributed by atoms with Gasteiger partial charge in [-0.05, 0) is 79.8 Å². The molecule has 1 fully saturated rings. The van der Waals surface area contributed by atoms with Crippen LogP contribution in [0.15, 0.2) is 42.5 Å². The fourth-order valence-electron chi connectivity index (χ4n) is 6.06. The fourth-order valence-corrected chi connectivity index (χ4v) is 7.83. The van der Waals surface area contributed by atoms with Gasteiger partial charge in [0.1, 0.15) is 0 Å². The summed E-state index contributed by atoms with van der Waals surface area (Å²) >= 11 is 6.08. The minimum absolute atomic E-state index is 0.298. The summed E-state index contributed by atoms with van der Waals surface area (Å²) in [7, 11) is -3.01. The molecule has 4 rings (SSSR count). The molecule has 7 nitrogen and oxygen atoms in total. The van der Waals surface area contributed by atoms with Crippen LogP contribution in [0, 0.1) is 0 Å². The molecular formula is C31H44ClNO6S. The summed E-state index contributed by atoms with van der Waals surface area (Å²) in [6.07, 6.45) is 7.82. The SMILES string of the molecule is CCCCC1(CCC)C(=O)N(C(O)(O)O)c2ccc(Cl)cc21.CCCCc1ccc(C2(S(C)(=O)=O)CCC2)cc1. The first-order valence-corrected chi connectivity index (χ1v) is 16.6. The molecule has 1 aliphatic carbocycles. The number of fused-ring (bicyclic) bond motifs is 1. The number of carbonyl (C=O) groups is 1. The number of aliphatic hydroxyl groups is 3. The number of aryl methyl sites for hydroxylation is 1. The van der Waals surface area contributed by atoms with E-state index in [1.54, 1.807) is 12.1 Å². The van der Waals surface area contributed by atoms with Crippen LogP contribution in [-0.2, 0) is 31.2 Å². The highest BCUT2D eigenvalue weighted by Crippen LogP contribution is 2.50. The number of hydrogen-bond donors (Lipinski definition) is 3. The molecule has 1 atom stereocenters. The van der Waals surface area contributed by atoms with Crippen LogP contribution in [0.1, 0.15) is 102 Å². The average Bonchev–Trinajstić information content (AvgIpc) is 3.09. The van der Waals surface area contributed by atoms with Crippen LogP contribution in [0.4, 0.5) is 5.69 Å². The van der Waals surface area contributed by atoms with Crippen LogP contribution in [0.5, 0.6) is 0 Å². The highest BCUT2D eigenvalue weighted by molar-refractivity contribution is 7.91. The molecule has 2 aliphatic rings. The van der Waals surface area contributed by atoms with E-state index in [4.69, 9.17) is 11.6 Å². The smallest absolute Gasteiger partial charge is 0.325 e. The minimum atomic E-state index is -3.22. The number of hydrogen-bond acceptors (Lipinski definition) is 6. The number of nitrogens with zero attached hydrogens (tertiary/aromatic N) is 1. The van der Waals surface area contributed by atoms with E-state index in [1.807, 2.05) is 26.0 Å². The van der Waals surface area contributed by atoms with Crippen LogP contribution in [0.2, 0.25) is 5.02 Å². The first-order chi connectivity index (χ1) is 18.8. The van der Waals surface area contributed by atoms with Gasteiger partial charge in [-0.2, -0.15) is 0 Å². The Hall–Kier alpha value is -1.97. The van der Waals surface area contributed by atoms with E-state index in [0.717, 1.165) is 50.5 Å². The zero-order chi connectivity index (χ0) is 29.8. The Morgan fingerprint density at radius 3 is 2.02 bits per heavy atom. The van der Waals surface area contributed by atoms with Gasteiger partial charge >= 0.3 is 6.10 Å². The molecule has 1 saturated carbocycles. The molecule has 0 aromatic heterocycles. The Morgan fingerprint density at radius 2 is 1.55 bits per heavy atom. The van der Waals surface area contributed by atoms with Crippen LogP contribution >= 0.6 is 11.6 Å². The number of benzene rings is 2. The van der Waals surface area contributed by atoms with E-state index in [0.29, 0.717) is 34.0 Å². The molecule has 9 heteroatoms. The lowest BCUT2D eigenvalue weighted by atomic mass is 9.74. The molecule has 1 unspecified atom stereocenters. The van der Waals surface area contributed by atoms with Crippen molar-refractivity contribution in [2.75, 3.05) is 11.2 Å². The first kappa shape index (κ1) is 32.5. The molecule has 2 aromatic carbocycles. The molecule has 1 amide bonds. The minimum Gasteiger partial charge on any atom is -0.325 e. The molecule has 222 valence electrons. The number of carbonyl (C=O) groups excluding carboxylic acids is 1. The highest BCUT2D eigenvalue weighted by atomic mass is 35.5. The maximum absolute atomic E-state index is 12.9. The van der Waals surface area contributed by atoms with Gasteiger partial charge in [-0.3, -0.25) is 4.79 Å². The normalized spacial score (nSPS) is 20.0. The third kappa shape index (κ3) is 6.41. The van der Waals surface area contributed by atoms with Gasteiger partial charge in [-0.15, -0.1) is 0 Å². The Bertz CT molecular complexity index is 1270. The molecule has 0 spiro atoms. The van der Waals surface area contributed by atoms with E-state index < -0.39 is 32.0 Å². The van der Waals surface area contributed by atoms with Crippen molar-refractivity contribution < 1.29 is 28.5 Å². The topological polar surface area (TPSA) is 115 Å². The summed E-state index contributed by atoms with van der Waals surface area (Å²) < 4.78 is 23.4. The Morgan fingerprint density at radius 1 is 0.925 bits per heavy atom. The van der Waals surface area contributed by atoms with Gasteiger partial charge in [0, 0.05) is 11.3 Å². The summed E-state index contributed by atoms with van der Waals surface area (Å²) in [5.74, 6) is -0.493. The van der Waals surface area contributed by atoms with E-state index in [1.165, 1.54) is 30.7 Å². The molecular weight excluding hydrogens is 550 g/mol. The van der Waals surface area contributed by atoms with Gasteiger partial charge < -0.3 is 15.3 Å². The Kier molecular flexibility index (Phi) is 10.5. The maximum Gasteiger partial charge on any atom is 0.376 e. The Labute approximate surface area is 244 Å². The molecule has 3 N–H and O–H groups in total. The van der Waals surface area contributed by atoms with Crippen molar-refractivity contribution in [3.05, 3.63) is 64.2 Å². The predicted molar refractivity (Wildman–Crippen MR) is 160 cm³/mol. The van der Waals surface area contributed by atoms with Gasteiger partial charge in [-0.1, -0.05) is 82.3 Å². The van der Waals surface area contributed by atoms with Crippen molar-refractivity contribution in [3.8, 4) is 0 Å². The van der Waals surface area contributed by atoms with Gasteiger partial charge in [0.25, 0.3) is 0 Å². The van der Waals surface area contributed by atoms with Crippen LogP contribution in [0.25, 0.3) is 0 Å². The summed E-state index contributed by atoms with van der Waals surface area (Å²) in [5, 5.41) is 29.3. The van der Waals surface area contributed by atoms with Gasteiger partial charge in [0.2, 0.25) is 5.91 Å². The lowest BCUT2D eigenvalue weighted by Gasteiger charge is -2.40. The summed E-state index contributed by atoms with van der Waals surface area (Å²) in [4.78, 5) is 13.6. The summed E-state index contributed by atoms with van der Waals surface area (Å²) in [5.41, 5.74) is 2.37. The van der Waals surface area contributed by atoms with Crippen molar-refractivity contribution in [2.24, 2.45) is 0 Å². The van der Waals surface area contributed by atoms with Crippen LogP contribution < -0.4 is 4.90 Å². The molecule has 0 bridgehead atoms. The second-order valence-corrected chi connectivity index (χ2v) is 14.0. The lowest BCUT2D eigenvalue weighted by Crippen LogP contribution is -2.54. The van der Waals surface area contributed by atoms with Crippen LogP contribution in [0.3, 0.4) is 0 Å².